The van der Waals surface area contributed by atoms with E-state index >= 15 is 0 Å². The summed E-state index contributed by atoms with van der Waals surface area (Å²) >= 11 is 0. The molecule has 0 bridgehead atoms. The number of amides is 1. The molecule has 0 saturated heterocycles. The molecular formula is C18H20FNO5S. The van der Waals surface area contributed by atoms with Gasteiger partial charge in [0, 0.05) is 5.56 Å². The fraction of sp³-hybridized carbons (Fsp3) is 0.278. The van der Waals surface area contributed by atoms with Crippen LogP contribution >= 0.6 is 0 Å². The number of carbonyl (C=O) groups is 1. The van der Waals surface area contributed by atoms with Crippen molar-refractivity contribution in [1.82, 2.24) is 4.72 Å². The highest BCUT2D eigenvalue weighted by atomic mass is 32.2. The van der Waals surface area contributed by atoms with Gasteiger partial charge in [0.25, 0.3) is 5.91 Å². The first-order chi connectivity index (χ1) is 12.2. The van der Waals surface area contributed by atoms with E-state index < -0.39 is 27.5 Å². The molecule has 1 amide bonds. The molecule has 0 aromatic heterocycles. The molecule has 0 radical (unpaired) electrons. The van der Waals surface area contributed by atoms with Crippen molar-refractivity contribution in [1.29, 1.82) is 0 Å². The van der Waals surface area contributed by atoms with Gasteiger partial charge in [0.1, 0.15) is 5.82 Å². The van der Waals surface area contributed by atoms with Crippen molar-refractivity contribution in [2.24, 2.45) is 0 Å². The van der Waals surface area contributed by atoms with Crippen LogP contribution in [0.25, 0.3) is 0 Å². The van der Waals surface area contributed by atoms with Gasteiger partial charge in [-0.25, -0.2) is 17.5 Å². The maximum absolute atomic E-state index is 12.9. The lowest BCUT2D eigenvalue weighted by molar-refractivity contribution is 0.0981. The van der Waals surface area contributed by atoms with Gasteiger partial charge in [0.2, 0.25) is 10.0 Å². The van der Waals surface area contributed by atoms with E-state index in [-0.39, 0.29) is 11.7 Å². The number of methoxy groups -OCH3 is 1. The average Bonchev–Trinajstić information content (AvgIpc) is 2.56. The van der Waals surface area contributed by atoms with Crippen LogP contribution in [0.1, 0.15) is 29.8 Å². The highest BCUT2D eigenvalue weighted by Crippen LogP contribution is 2.29. The zero-order valence-electron chi connectivity index (χ0n) is 14.7. The van der Waals surface area contributed by atoms with E-state index in [1.807, 2.05) is 18.6 Å². The summed E-state index contributed by atoms with van der Waals surface area (Å²) in [4.78, 5) is 12.3. The number of ether oxygens (including phenoxy) is 2. The maximum Gasteiger partial charge on any atom is 0.264 e. The summed E-state index contributed by atoms with van der Waals surface area (Å²) in [6.07, 6.45) is -0.0836. The van der Waals surface area contributed by atoms with Crippen molar-refractivity contribution in [3.8, 4) is 11.5 Å². The Bertz CT molecular complexity index is 879. The summed E-state index contributed by atoms with van der Waals surface area (Å²) in [5.41, 5.74) is 0.477. The molecule has 0 saturated carbocycles. The van der Waals surface area contributed by atoms with Crippen LogP contribution in [0.3, 0.4) is 0 Å². The number of benzene rings is 2. The molecular weight excluding hydrogens is 361 g/mol. The Morgan fingerprint density at radius 3 is 2.35 bits per heavy atom. The van der Waals surface area contributed by atoms with Crippen molar-refractivity contribution in [2.75, 3.05) is 7.11 Å². The Labute approximate surface area is 152 Å². The van der Waals surface area contributed by atoms with Gasteiger partial charge in [-0.2, -0.15) is 0 Å². The highest BCUT2D eigenvalue weighted by Gasteiger charge is 2.19. The molecule has 26 heavy (non-hydrogen) atoms. The standard InChI is InChI=1S/C18H20FNO5S/c1-12(2)25-16-9-6-14(10-17(16)24-3)18(21)20-26(22,23)11-13-4-7-15(19)8-5-13/h4-10,12H,11H2,1-3H3,(H,20,21). The first-order valence-electron chi connectivity index (χ1n) is 7.84. The zero-order valence-corrected chi connectivity index (χ0v) is 15.5. The third kappa shape index (κ3) is 5.45. The van der Waals surface area contributed by atoms with Crippen LogP contribution in [0.15, 0.2) is 42.5 Å². The van der Waals surface area contributed by atoms with Crippen LogP contribution in [0.4, 0.5) is 4.39 Å². The molecule has 2 rings (SSSR count). The van der Waals surface area contributed by atoms with E-state index in [4.69, 9.17) is 9.47 Å². The third-order valence-corrected chi connectivity index (χ3v) is 4.52. The monoisotopic (exact) mass is 381 g/mol. The molecule has 0 heterocycles. The zero-order chi connectivity index (χ0) is 19.3. The van der Waals surface area contributed by atoms with Crippen LogP contribution < -0.4 is 14.2 Å². The molecule has 0 aliphatic heterocycles. The van der Waals surface area contributed by atoms with Crippen molar-refractivity contribution < 1.29 is 27.1 Å². The van der Waals surface area contributed by atoms with Gasteiger partial charge < -0.3 is 9.47 Å². The second-order valence-electron chi connectivity index (χ2n) is 5.85. The van der Waals surface area contributed by atoms with Crippen LogP contribution in [0, 0.1) is 5.82 Å². The summed E-state index contributed by atoms with van der Waals surface area (Å²) in [5.74, 6) is -0.923. The third-order valence-electron chi connectivity index (χ3n) is 3.31. The normalized spacial score (nSPS) is 11.3. The molecule has 0 fully saturated rings. The van der Waals surface area contributed by atoms with Crippen molar-refractivity contribution >= 4 is 15.9 Å². The van der Waals surface area contributed by atoms with Crippen molar-refractivity contribution in [3.63, 3.8) is 0 Å². The SMILES string of the molecule is COc1cc(C(=O)NS(=O)(=O)Cc2ccc(F)cc2)ccc1OC(C)C. The minimum Gasteiger partial charge on any atom is -0.493 e. The van der Waals surface area contributed by atoms with Crippen LogP contribution in [0.5, 0.6) is 11.5 Å². The number of nitrogens with one attached hydrogen (secondary N) is 1. The van der Waals surface area contributed by atoms with Gasteiger partial charge in [-0.05, 0) is 49.7 Å². The van der Waals surface area contributed by atoms with Crippen LogP contribution in [0.2, 0.25) is 0 Å². The molecule has 0 atom stereocenters. The molecule has 0 unspecified atom stereocenters. The molecule has 140 valence electrons. The number of hydrogen-bond donors (Lipinski definition) is 1. The van der Waals surface area contributed by atoms with E-state index in [1.165, 1.54) is 31.4 Å². The maximum atomic E-state index is 12.9. The molecule has 0 spiro atoms. The minimum absolute atomic E-state index is 0.0836. The number of carbonyl (C=O) groups excluding carboxylic acids is 1. The Balaban J connectivity index is 2.14. The Hall–Kier alpha value is -2.61. The fourth-order valence-electron chi connectivity index (χ4n) is 2.20. The minimum atomic E-state index is -3.94. The van der Waals surface area contributed by atoms with Gasteiger partial charge in [-0.15, -0.1) is 0 Å². The number of hydrogen-bond acceptors (Lipinski definition) is 5. The predicted molar refractivity (Wildman–Crippen MR) is 95.2 cm³/mol. The Kier molecular flexibility index (Phi) is 6.20. The molecule has 1 N–H and O–H groups in total. The number of halogens is 1. The van der Waals surface area contributed by atoms with Gasteiger partial charge in [0.05, 0.1) is 19.0 Å². The molecule has 8 heteroatoms. The predicted octanol–water partition coefficient (Wildman–Crippen LogP) is 2.88. The molecule has 0 aliphatic carbocycles. The van der Waals surface area contributed by atoms with Crippen molar-refractivity contribution in [3.05, 3.63) is 59.4 Å². The lowest BCUT2D eigenvalue weighted by Gasteiger charge is -2.14. The van der Waals surface area contributed by atoms with E-state index in [0.717, 1.165) is 12.1 Å². The quantitative estimate of drug-likeness (QED) is 0.798. The average molecular weight is 381 g/mol. The van der Waals surface area contributed by atoms with Gasteiger partial charge >= 0.3 is 0 Å². The van der Waals surface area contributed by atoms with Gasteiger partial charge in [-0.1, -0.05) is 12.1 Å². The van der Waals surface area contributed by atoms with Crippen molar-refractivity contribution in [2.45, 2.75) is 25.7 Å². The lowest BCUT2D eigenvalue weighted by Crippen LogP contribution is -2.31. The molecule has 6 nitrogen and oxygen atoms in total. The second kappa shape index (κ2) is 8.18. The second-order valence-corrected chi connectivity index (χ2v) is 7.57. The fourth-order valence-corrected chi connectivity index (χ4v) is 3.30. The molecule has 2 aromatic carbocycles. The van der Waals surface area contributed by atoms with Gasteiger partial charge in [-0.3, -0.25) is 4.79 Å². The lowest BCUT2D eigenvalue weighted by atomic mass is 10.2. The van der Waals surface area contributed by atoms with E-state index in [9.17, 15) is 17.6 Å². The topological polar surface area (TPSA) is 81.7 Å². The summed E-state index contributed by atoms with van der Waals surface area (Å²) in [5, 5.41) is 0. The largest absolute Gasteiger partial charge is 0.493 e. The number of sulfonamides is 1. The van der Waals surface area contributed by atoms with E-state index in [2.05, 4.69) is 0 Å². The summed E-state index contributed by atoms with van der Waals surface area (Å²) < 4.78 is 49.9. The smallest absolute Gasteiger partial charge is 0.264 e. The van der Waals surface area contributed by atoms with E-state index in [0.29, 0.717) is 17.1 Å². The summed E-state index contributed by atoms with van der Waals surface area (Å²) in [6, 6.07) is 9.40. The highest BCUT2D eigenvalue weighted by molar-refractivity contribution is 7.89. The Morgan fingerprint density at radius 2 is 1.77 bits per heavy atom. The number of rotatable bonds is 7. The summed E-state index contributed by atoms with van der Waals surface area (Å²) in [6.45, 7) is 3.70. The van der Waals surface area contributed by atoms with Crippen LogP contribution in [-0.2, 0) is 15.8 Å². The first-order valence-corrected chi connectivity index (χ1v) is 9.49. The first kappa shape index (κ1) is 19.7. The Morgan fingerprint density at radius 1 is 1.12 bits per heavy atom. The van der Waals surface area contributed by atoms with E-state index in [1.54, 1.807) is 6.07 Å². The van der Waals surface area contributed by atoms with Crippen LogP contribution in [-0.4, -0.2) is 27.5 Å². The van der Waals surface area contributed by atoms with Gasteiger partial charge in [0.15, 0.2) is 11.5 Å². The molecule has 2 aromatic rings. The molecule has 0 aliphatic rings. The summed E-state index contributed by atoms with van der Waals surface area (Å²) in [7, 11) is -2.51.